The molecule has 2 N–H and O–H groups in total. The number of rotatable bonds is 7. The number of hydrogen-bond donors (Lipinski definition) is 2. The Morgan fingerprint density at radius 1 is 1.06 bits per heavy atom. The highest BCUT2D eigenvalue weighted by Gasteiger charge is 2.22. The van der Waals surface area contributed by atoms with Gasteiger partial charge < -0.3 is 29.7 Å². The molecular formula is C26H34N6O3. The molecule has 0 saturated carbocycles. The molecule has 0 radical (unpaired) electrons. The van der Waals surface area contributed by atoms with E-state index in [1.165, 1.54) is 0 Å². The summed E-state index contributed by atoms with van der Waals surface area (Å²) in [5, 5.41) is 14.3. The van der Waals surface area contributed by atoms with Gasteiger partial charge in [-0.1, -0.05) is 6.92 Å². The molecule has 2 aliphatic heterocycles. The van der Waals surface area contributed by atoms with Crippen LogP contribution in [0.4, 0.5) is 11.8 Å². The van der Waals surface area contributed by atoms with Crippen LogP contribution in [0.25, 0.3) is 22.3 Å². The van der Waals surface area contributed by atoms with Gasteiger partial charge >= 0.3 is 0 Å². The van der Waals surface area contributed by atoms with Gasteiger partial charge in [0.05, 0.1) is 38.0 Å². The molecule has 0 aliphatic carbocycles. The molecule has 3 aromatic rings. The van der Waals surface area contributed by atoms with E-state index in [4.69, 9.17) is 24.4 Å². The van der Waals surface area contributed by atoms with Crippen LogP contribution in [0.2, 0.25) is 0 Å². The largest absolute Gasteiger partial charge is 0.496 e. The van der Waals surface area contributed by atoms with E-state index in [1.54, 1.807) is 7.11 Å². The van der Waals surface area contributed by atoms with Crippen LogP contribution >= 0.6 is 0 Å². The number of benzene rings is 1. The first kappa shape index (κ1) is 23.7. The van der Waals surface area contributed by atoms with E-state index in [0.29, 0.717) is 36.6 Å². The van der Waals surface area contributed by atoms with E-state index in [-0.39, 0.29) is 6.61 Å². The van der Waals surface area contributed by atoms with Gasteiger partial charge in [-0.15, -0.1) is 0 Å². The molecule has 0 unspecified atom stereocenters. The molecule has 9 heteroatoms. The minimum Gasteiger partial charge on any atom is -0.496 e. The number of pyridine rings is 1. The molecule has 9 nitrogen and oxygen atoms in total. The molecule has 1 aromatic carbocycles. The third-order valence-corrected chi connectivity index (χ3v) is 6.96. The van der Waals surface area contributed by atoms with Crippen LogP contribution in [0, 0.1) is 0 Å². The summed E-state index contributed by atoms with van der Waals surface area (Å²) in [6, 6.07) is 10.1. The number of fused-ring (bicyclic) bond motifs is 1. The van der Waals surface area contributed by atoms with Crippen molar-refractivity contribution < 1.29 is 14.6 Å². The maximum atomic E-state index is 9.75. The molecule has 0 atom stereocenters. The number of aliphatic hydroxyl groups is 1. The zero-order chi connectivity index (χ0) is 24.2. The predicted molar refractivity (Wildman–Crippen MR) is 137 cm³/mol. The number of aliphatic hydroxyl groups excluding tert-OH is 1. The number of ether oxygens (including phenoxy) is 2. The Kier molecular flexibility index (Phi) is 7.26. The molecular weight excluding hydrogens is 444 g/mol. The summed E-state index contributed by atoms with van der Waals surface area (Å²) >= 11 is 0. The van der Waals surface area contributed by atoms with Crippen molar-refractivity contribution in [3.63, 3.8) is 0 Å². The van der Waals surface area contributed by atoms with Crippen LogP contribution in [-0.4, -0.2) is 84.0 Å². The van der Waals surface area contributed by atoms with E-state index >= 15 is 0 Å². The molecule has 2 saturated heterocycles. The molecule has 2 aromatic heterocycles. The van der Waals surface area contributed by atoms with Crippen LogP contribution in [-0.2, 0) is 11.3 Å². The highest BCUT2D eigenvalue weighted by atomic mass is 16.5. The molecule has 4 heterocycles. The van der Waals surface area contributed by atoms with Gasteiger partial charge in [-0.2, -0.15) is 9.97 Å². The van der Waals surface area contributed by atoms with Crippen molar-refractivity contribution in [1.29, 1.82) is 0 Å². The lowest BCUT2D eigenvalue weighted by molar-refractivity contribution is 0.122. The lowest BCUT2D eigenvalue weighted by atomic mass is 10.1. The average molecular weight is 479 g/mol. The second-order valence-electron chi connectivity index (χ2n) is 9.08. The average Bonchev–Trinajstić information content (AvgIpc) is 2.92. The quantitative estimate of drug-likeness (QED) is 0.531. The van der Waals surface area contributed by atoms with Crippen molar-refractivity contribution >= 4 is 22.8 Å². The second-order valence-corrected chi connectivity index (χ2v) is 9.08. The Balaban J connectivity index is 1.51. The SMILES string of the molecule is CCN1CCC(Nc2nc(N3CCOCC3)c3ccc(-c4ccc(OC)c(CO)c4)nc3n2)CC1. The van der Waals surface area contributed by atoms with Gasteiger partial charge in [0.25, 0.3) is 0 Å². The topological polar surface area (TPSA) is 95.9 Å². The number of likely N-dealkylation sites (tertiary alicyclic amines) is 1. The standard InChI is InChI=1S/C26H34N6O3/c1-3-31-10-8-20(9-11-31)27-26-29-24-21(25(30-26)32-12-14-35-15-13-32)5-6-22(28-24)18-4-7-23(34-2)19(16-18)17-33/h4-7,16,20,33H,3,8-15,17H2,1-2H3,(H,27,28,29,30). The molecule has 5 rings (SSSR count). The van der Waals surface area contributed by atoms with Gasteiger partial charge in [0, 0.05) is 43.3 Å². The number of aromatic nitrogens is 3. The van der Waals surface area contributed by atoms with Crippen molar-refractivity contribution in [3.05, 3.63) is 35.9 Å². The van der Waals surface area contributed by atoms with E-state index in [1.807, 2.05) is 24.3 Å². The third-order valence-electron chi connectivity index (χ3n) is 6.96. The smallest absolute Gasteiger partial charge is 0.226 e. The fraction of sp³-hybridized carbons (Fsp3) is 0.500. The molecule has 0 spiro atoms. The fourth-order valence-electron chi connectivity index (χ4n) is 4.87. The first-order valence-corrected chi connectivity index (χ1v) is 12.5. The normalized spacial score (nSPS) is 17.6. The monoisotopic (exact) mass is 478 g/mol. The predicted octanol–water partition coefficient (Wildman–Crippen LogP) is 2.93. The van der Waals surface area contributed by atoms with E-state index in [2.05, 4.69) is 28.1 Å². The zero-order valence-corrected chi connectivity index (χ0v) is 20.5. The second kappa shape index (κ2) is 10.7. The summed E-state index contributed by atoms with van der Waals surface area (Å²) in [5.74, 6) is 2.19. The molecule has 2 aliphatic rings. The molecule has 186 valence electrons. The number of piperidine rings is 1. The molecule has 0 amide bonds. The van der Waals surface area contributed by atoms with Crippen LogP contribution in [0.3, 0.4) is 0 Å². The summed E-state index contributed by atoms with van der Waals surface area (Å²) < 4.78 is 10.9. The van der Waals surface area contributed by atoms with Gasteiger partial charge in [0.2, 0.25) is 5.95 Å². The van der Waals surface area contributed by atoms with Gasteiger partial charge in [-0.3, -0.25) is 0 Å². The summed E-state index contributed by atoms with van der Waals surface area (Å²) in [7, 11) is 1.60. The fourth-order valence-corrected chi connectivity index (χ4v) is 4.87. The van der Waals surface area contributed by atoms with Gasteiger partial charge in [-0.25, -0.2) is 4.98 Å². The summed E-state index contributed by atoms with van der Waals surface area (Å²) in [6.07, 6.45) is 2.15. The van der Waals surface area contributed by atoms with E-state index < -0.39 is 0 Å². The number of nitrogens with zero attached hydrogens (tertiary/aromatic N) is 5. The summed E-state index contributed by atoms with van der Waals surface area (Å²) in [4.78, 5) is 19.5. The maximum absolute atomic E-state index is 9.75. The number of anilines is 2. The first-order valence-electron chi connectivity index (χ1n) is 12.5. The Hall–Kier alpha value is -3.01. The van der Waals surface area contributed by atoms with Gasteiger partial charge in [-0.05, 0) is 49.7 Å². The van der Waals surface area contributed by atoms with Crippen LogP contribution < -0.4 is 15.0 Å². The van der Waals surface area contributed by atoms with E-state index in [0.717, 1.165) is 73.6 Å². The summed E-state index contributed by atoms with van der Waals surface area (Å²) in [5.41, 5.74) is 3.09. The Morgan fingerprint density at radius 2 is 1.86 bits per heavy atom. The van der Waals surface area contributed by atoms with Crippen molar-refractivity contribution in [2.24, 2.45) is 0 Å². The zero-order valence-electron chi connectivity index (χ0n) is 20.5. The summed E-state index contributed by atoms with van der Waals surface area (Å²) in [6.45, 7) is 8.34. The Bertz CT molecular complexity index is 1160. The van der Waals surface area contributed by atoms with Crippen LogP contribution in [0.15, 0.2) is 30.3 Å². The number of hydrogen-bond acceptors (Lipinski definition) is 9. The minimum absolute atomic E-state index is 0.0984. The van der Waals surface area contributed by atoms with Gasteiger partial charge in [0.15, 0.2) is 5.65 Å². The Labute approximate surface area is 206 Å². The lowest BCUT2D eigenvalue weighted by Crippen LogP contribution is -2.39. The first-order chi connectivity index (χ1) is 17.2. The van der Waals surface area contributed by atoms with Crippen LogP contribution in [0.1, 0.15) is 25.3 Å². The third kappa shape index (κ3) is 5.17. The maximum Gasteiger partial charge on any atom is 0.226 e. The lowest BCUT2D eigenvalue weighted by Gasteiger charge is -2.32. The molecule has 0 bridgehead atoms. The van der Waals surface area contributed by atoms with Gasteiger partial charge in [0.1, 0.15) is 11.6 Å². The molecule has 2 fully saturated rings. The Morgan fingerprint density at radius 3 is 2.57 bits per heavy atom. The number of morpholine rings is 1. The highest BCUT2D eigenvalue weighted by Crippen LogP contribution is 2.30. The highest BCUT2D eigenvalue weighted by molar-refractivity contribution is 5.89. The van der Waals surface area contributed by atoms with E-state index in [9.17, 15) is 5.11 Å². The minimum atomic E-state index is -0.0984. The van der Waals surface area contributed by atoms with Crippen LogP contribution in [0.5, 0.6) is 5.75 Å². The van der Waals surface area contributed by atoms with Crippen molar-refractivity contribution in [2.45, 2.75) is 32.4 Å². The number of nitrogens with one attached hydrogen (secondary N) is 1. The van der Waals surface area contributed by atoms with Crippen molar-refractivity contribution in [1.82, 2.24) is 19.9 Å². The number of methoxy groups -OCH3 is 1. The molecule has 35 heavy (non-hydrogen) atoms. The van der Waals surface area contributed by atoms with Crippen molar-refractivity contribution in [2.75, 3.05) is 63.3 Å². The van der Waals surface area contributed by atoms with Crippen molar-refractivity contribution in [3.8, 4) is 17.0 Å².